The van der Waals surface area contributed by atoms with E-state index >= 15 is 0 Å². The lowest BCUT2D eigenvalue weighted by atomic mass is 9.51. The Bertz CT molecular complexity index is 625. The minimum atomic E-state index is 0.312. The number of hydrogen-bond donors (Lipinski definition) is 0. The van der Waals surface area contributed by atoms with E-state index in [-0.39, 0.29) is 0 Å². The fraction of sp³-hybridized carbons (Fsp3) is 1.00. The first kappa shape index (κ1) is 54.0. The predicted octanol–water partition coefficient (Wildman–Crippen LogP) is 20.4. The van der Waals surface area contributed by atoms with Crippen LogP contribution in [0.3, 0.4) is 0 Å². The van der Waals surface area contributed by atoms with Crippen LogP contribution in [0.15, 0.2) is 0 Å². The van der Waals surface area contributed by atoms with Gasteiger partial charge in [0.15, 0.2) is 0 Å². The zero-order valence-corrected chi connectivity index (χ0v) is 41.0. The molecule has 0 aromatic carbocycles. The van der Waals surface area contributed by atoms with E-state index in [9.17, 15) is 0 Å². The van der Waals surface area contributed by atoms with Gasteiger partial charge >= 0.3 is 0 Å². The van der Waals surface area contributed by atoms with Crippen LogP contribution in [0.2, 0.25) is 0 Å². The van der Waals surface area contributed by atoms with Crippen LogP contribution < -0.4 is 0 Å². The van der Waals surface area contributed by atoms with Crippen molar-refractivity contribution in [2.45, 2.75) is 315 Å². The first-order chi connectivity index (χ1) is 25.2. The van der Waals surface area contributed by atoms with E-state index in [0.29, 0.717) is 32.5 Å². The summed E-state index contributed by atoms with van der Waals surface area (Å²) in [6, 6.07) is 0. The van der Waals surface area contributed by atoms with Gasteiger partial charge in [0.1, 0.15) is 0 Å². The first-order valence-electron chi connectivity index (χ1n) is 25.2. The average molecular weight is 759 g/mol. The van der Waals surface area contributed by atoms with E-state index in [1.54, 1.807) is 0 Å². The van der Waals surface area contributed by atoms with Crippen molar-refractivity contribution in [3.05, 3.63) is 0 Å². The van der Waals surface area contributed by atoms with Gasteiger partial charge in [0.2, 0.25) is 0 Å². The van der Waals surface area contributed by atoms with Crippen molar-refractivity contribution in [1.82, 2.24) is 0 Å². The Hall–Kier alpha value is 0. The van der Waals surface area contributed by atoms with Crippen molar-refractivity contribution in [2.24, 2.45) is 32.5 Å². The molecule has 0 atom stereocenters. The molecule has 0 heteroatoms. The minimum Gasteiger partial charge on any atom is -0.0597 e. The molecule has 2 aliphatic carbocycles. The monoisotopic (exact) mass is 759 g/mol. The Morgan fingerprint density at radius 2 is 0.259 bits per heavy atom. The van der Waals surface area contributed by atoms with Gasteiger partial charge in [0.05, 0.1) is 0 Å². The molecule has 0 heterocycles. The molecule has 0 aliphatic heterocycles. The van der Waals surface area contributed by atoms with E-state index in [0.717, 1.165) is 0 Å². The van der Waals surface area contributed by atoms with Gasteiger partial charge in [-0.3, -0.25) is 0 Å². The smallest absolute Gasteiger partial charge is 0.0297 e. The Morgan fingerprint density at radius 3 is 0.333 bits per heavy atom. The van der Waals surface area contributed by atoms with Crippen LogP contribution >= 0.6 is 0 Å². The largest absolute Gasteiger partial charge is 0.0597 e. The SMILES string of the molecule is C1CCCCCCCCCCCCCCC1.C1CCCCCCCCCCCCCCC1.CC(C)(C)C(C)(C)CC(C)(C)C(C)(C)CC(C)(C)C(C)(C)C. The van der Waals surface area contributed by atoms with Gasteiger partial charge < -0.3 is 0 Å². The third-order valence-corrected chi connectivity index (χ3v) is 15.7. The Kier molecular flexibility index (Phi) is 29.2. The van der Waals surface area contributed by atoms with E-state index < -0.39 is 0 Å². The molecule has 54 heavy (non-hydrogen) atoms. The predicted molar refractivity (Wildman–Crippen MR) is 251 cm³/mol. The van der Waals surface area contributed by atoms with Gasteiger partial charge in [-0.25, -0.2) is 0 Å². The van der Waals surface area contributed by atoms with Crippen molar-refractivity contribution in [1.29, 1.82) is 0 Å². The summed E-state index contributed by atoms with van der Waals surface area (Å²) in [6.45, 7) is 34.0. The number of hydrogen-bond acceptors (Lipinski definition) is 0. The molecule has 0 bridgehead atoms. The standard InChI is InChI=1S/C22H46.2C16H32/c1-17(2,3)19(7,8)15-21(11,12)22(13,14)16-20(9,10)18(4,5)6;2*1-2-4-6-8-10-12-14-16-15-13-11-9-7-5-3-1/h15-16H2,1-14H3;2*1-16H2. The third-order valence-electron chi connectivity index (χ3n) is 15.7. The second-order valence-corrected chi connectivity index (χ2v) is 23.7. The van der Waals surface area contributed by atoms with Gasteiger partial charge in [-0.1, -0.05) is 302 Å². The lowest BCUT2D eigenvalue weighted by Gasteiger charge is -2.54. The molecule has 0 aromatic heterocycles. The van der Waals surface area contributed by atoms with Gasteiger partial charge in [-0.2, -0.15) is 0 Å². The highest BCUT2D eigenvalue weighted by molar-refractivity contribution is 4.98. The van der Waals surface area contributed by atoms with Crippen LogP contribution in [-0.2, 0) is 0 Å². The van der Waals surface area contributed by atoms with Gasteiger partial charge in [0, 0.05) is 0 Å². The van der Waals surface area contributed by atoms with Gasteiger partial charge in [-0.15, -0.1) is 0 Å². The van der Waals surface area contributed by atoms with Crippen molar-refractivity contribution in [3.8, 4) is 0 Å². The molecule has 0 nitrogen and oxygen atoms in total. The molecule has 0 unspecified atom stereocenters. The summed E-state index contributed by atoms with van der Waals surface area (Å²) >= 11 is 0. The molecule has 0 amide bonds. The van der Waals surface area contributed by atoms with Crippen LogP contribution in [0, 0.1) is 32.5 Å². The van der Waals surface area contributed by atoms with Gasteiger partial charge in [0.25, 0.3) is 0 Å². The van der Waals surface area contributed by atoms with Crippen molar-refractivity contribution in [3.63, 3.8) is 0 Å². The molecule has 0 spiro atoms. The molecule has 326 valence electrons. The number of rotatable bonds is 5. The fourth-order valence-corrected chi connectivity index (χ4v) is 8.88. The Balaban J connectivity index is 0.000000794. The van der Waals surface area contributed by atoms with Crippen LogP contribution in [0.1, 0.15) is 315 Å². The highest BCUT2D eigenvalue weighted by Crippen LogP contribution is 2.57. The summed E-state index contributed by atoms with van der Waals surface area (Å²) in [7, 11) is 0. The maximum absolute atomic E-state index is 2.49. The molecule has 0 saturated heterocycles. The molecular formula is C54H110. The van der Waals surface area contributed by atoms with Crippen molar-refractivity contribution >= 4 is 0 Å². The lowest BCUT2D eigenvalue weighted by Crippen LogP contribution is -2.45. The zero-order chi connectivity index (χ0) is 41.0. The molecular weight excluding hydrogens is 649 g/mol. The summed E-state index contributed by atoms with van der Waals surface area (Å²) in [5.74, 6) is 0. The maximum Gasteiger partial charge on any atom is -0.0297 e. The summed E-state index contributed by atoms with van der Waals surface area (Å²) in [5, 5.41) is 0. The molecule has 2 saturated carbocycles. The summed E-state index contributed by atoms with van der Waals surface area (Å²) in [5.41, 5.74) is 1.96. The quantitative estimate of drug-likeness (QED) is 0.262. The van der Waals surface area contributed by atoms with E-state index in [4.69, 9.17) is 0 Å². The molecule has 2 fully saturated rings. The van der Waals surface area contributed by atoms with Crippen LogP contribution in [0.25, 0.3) is 0 Å². The molecule has 2 aliphatic rings. The van der Waals surface area contributed by atoms with E-state index in [1.807, 2.05) is 0 Å². The second kappa shape index (κ2) is 29.2. The highest BCUT2D eigenvalue weighted by atomic mass is 14.5. The first-order valence-corrected chi connectivity index (χ1v) is 25.2. The van der Waals surface area contributed by atoms with Crippen LogP contribution in [0.5, 0.6) is 0 Å². The van der Waals surface area contributed by atoms with Crippen LogP contribution in [-0.4, -0.2) is 0 Å². The average Bonchev–Trinajstić information content (AvgIpc) is 3.03. The fourth-order valence-electron chi connectivity index (χ4n) is 8.88. The minimum absolute atomic E-state index is 0.312. The Morgan fingerprint density at radius 1 is 0.167 bits per heavy atom. The molecule has 0 N–H and O–H groups in total. The molecule has 0 aromatic rings. The van der Waals surface area contributed by atoms with E-state index in [2.05, 4.69) is 96.9 Å². The van der Waals surface area contributed by atoms with Crippen molar-refractivity contribution in [2.75, 3.05) is 0 Å². The van der Waals surface area contributed by atoms with Crippen molar-refractivity contribution < 1.29 is 0 Å². The zero-order valence-electron chi connectivity index (χ0n) is 41.0. The summed E-state index contributed by atoms with van der Waals surface area (Å²) in [4.78, 5) is 0. The van der Waals surface area contributed by atoms with Gasteiger partial charge in [-0.05, 0) is 45.3 Å². The second-order valence-electron chi connectivity index (χ2n) is 23.7. The summed E-state index contributed by atoms with van der Waals surface area (Å²) in [6.07, 6.45) is 50.5. The lowest BCUT2D eigenvalue weighted by molar-refractivity contribution is -0.0398. The highest BCUT2D eigenvalue weighted by Gasteiger charge is 2.48. The summed E-state index contributed by atoms with van der Waals surface area (Å²) < 4.78 is 0. The normalized spacial score (nSPS) is 20.8. The maximum atomic E-state index is 2.49. The topological polar surface area (TPSA) is 0 Å². The molecule has 0 radical (unpaired) electrons. The van der Waals surface area contributed by atoms with Crippen LogP contribution in [0.4, 0.5) is 0 Å². The Labute approximate surface area is 346 Å². The molecule has 2 rings (SSSR count). The third kappa shape index (κ3) is 26.8. The van der Waals surface area contributed by atoms with E-state index in [1.165, 1.54) is 218 Å².